The summed E-state index contributed by atoms with van der Waals surface area (Å²) in [6.45, 7) is 2.25. The van der Waals surface area contributed by atoms with Gasteiger partial charge in [0, 0.05) is 5.56 Å². The number of fused-ring (bicyclic) bond motifs is 1. The number of carbonyl (C=O) groups is 2. The van der Waals surface area contributed by atoms with Crippen molar-refractivity contribution in [2.45, 2.75) is 25.9 Å². The summed E-state index contributed by atoms with van der Waals surface area (Å²) in [4.78, 5) is 30.5. The maximum Gasteiger partial charge on any atom is 0.242 e. The van der Waals surface area contributed by atoms with E-state index in [1.165, 1.54) is 0 Å². The fourth-order valence-corrected chi connectivity index (χ4v) is 2.59. The number of likely N-dealkylation sites (N-methyl/N-ethyl adjacent to an activating group) is 1. The second-order valence-corrected chi connectivity index (χ2v) is 5.82. The number of anilines is 2. The number of hydrogen-bond acceptors (Lipinski definition) is 4. The summed E-state index contributed by atoms with van der Waals surface area (Å²) in [5, 5.41) is 5.65. The van der Waals surface area contributed by atoms with Gasteiger partial charge in [0.25, 0.3) is 0 Å². The highest BCUT2D eigenvalue weighted by Crippen LogP contribution is 2.29. The number of benzene rings is 1. The molecule has 1 aromatic heterocycles. The van der Waals surface area contributed by atoms with Crippen LogP contribution in [-0.2, 0) is 22.6 Å². The molecule has 6 heteroatoms. The van der Waals surface area contributed by atoms with Crippen molar-refractivity contribution in [1.82, 2.24) is 10.3 Å². The van der Waals surface area contributed by atoms with Crippen LogP contribution in [0.4, 0.5) is 11.6 Å². The van der Waals surface area contributed by atoms with E-state index in [2.05, 4.69) is 15.6 Å². The van der Waals surface area contributed by atoms with Crippen molar-refractivity contribution in [1.29, 1.82) is 0 Å². The second-order valence-electron chi connectivity index (χ2n) is 5.82. The van der Waals surface area contributed by atoms with Gasteiger partial charge in [-0.05, 0) is 25.6 Å². The van der Waals surface area contributed by atoms with Crippen LogP contribution in [0.2, 0.25) is 0 Å². The molecule has 2 amide bonds. The van der Waals surface area contributed by atoms with E-state index in [0.717, 1.165) is 11.1 Å². The minimum atomic E-state index is -0.317. The molecule has 0 saturated carbocycles. The molecule has 0 fully saturated rings. The number of nitrogens with one attached hydrogen (secondary N) is 2. The molecule has 0 radical (unpaired) electrons. The summed E-state index contributed by atoms with van der Waals surface area (Å²) in [5.74, 6) is 0.935. The highest BCUT2D eigenvalue weighted by Gasteiger charge is 2.29. The Kier molecular flexibility index (Phi) is 4.57. The molecule has 0 spiro atoms. The average molecular weight is 324 g/mol. The van der Waals surface area contributed by atoms with Crippen LogP contribution in [-0.4, -0.2) is 29.9 Å². The predicted molar refractivity (Wildman–Crippen MR) is 92.7 cm³/mol. The zero-order chi connectivity index (χ0) is 17.1. The number of amides is 2. The van der Waals surface area contributed by atoms with Crippen LogP contribution in [0.15, 0.2) is 42.5 Å². The largest absolute Gasteiger partial charge is 0.309 e. The lowest BCUT2D eigenvalue weighted by Crippen LogP contribution is -2.35. The second kappa shape index (κ2) is 6.80. The van der Waals surface area contributed by atoms with Gasteiger partial charge in [-0.2, -0.15) is 0 Å². The summed E-state index contributed by atoms with van der Waals surface area (Å²) in [6, 6.07) is 13.1. The molecule has 124 valence electrons. The van der Waals surface area contributed by atoms with Gasteiger partial charge in [0.2, 0.25) is 11.8 Å². The Morgan fingerprint density at radius 2 is 2.00 bits per heavy atom. The minimum Gasteiger partial charge on any atom is -0.309 e. The zero-order valence-electron chi connectivity index (χ0n) is 13.7. The predicted octanol–water partition coefficient (Wildman–Crippen LogP) is 1.72. The molecule has 1 aromatic carbocycles. The molecule has 2 N–H and O–H groups in total. The van der Waals surface area contributed by atoms with E-state index in [1.54, 1.807) is 24.9 Å². The van der Waals surface area contributed by atoms with Crippen LogP contribution in [0.1, 0.15) is 18.1 Å². The number of pyridine rings is 1. The molecular weight excluding hydrogens is 304 g/mol. The Balaban J connectivity index is 1.83. The van der Waals surface area contributed by atoms with Crippen LogP contribution < -0.4 is 15.5 Å². The molecule has 0 saturated heterocycles. The SMILES string of the molecule is CN[C@@H](C)C(=O)Nc1ccc2c(n1)N(Cc1ccccc1)C(=O)C2. The molecule has 2 aromatic rings. The molecule has 1 atom stereocenters. The topological polar surface area (TPSA) is 74.3 Å². The maximum atomic E-state index is 12.3. The van der Waals surface area contributed by atoms with Crippen LogP contribution in [0.5, 0.6) is 0 Å². The summed E-state index contributed by atoms with van der Waals surface area (Å²) in [6.07, 6.45) is 0.344. The lowest BCUT2D eigenvalue weighted by molar-refractivity contribution is -0.118. The first kappa shape index (κ1) is 16.1. The van der Waals surface area contributed by atoms with Crippen molar-refractivity contribution in [3.63, 3.8) is 0 Å². The number of nitrogens with zero attached hydrogens (tertiary/aromatic N) is 2. The Morgan fingerprint density at radius 1 is 1.25 bits per heavy atom. The molecule has 0 unspecified atom stereocenters. The molecule has 2 heterocycles. The average Bonchev–Trinajstić information content (AvgIpc) is 2.90. The van der Waals surface area contributed by atoms with Gasteiger partial charge in [0.15, 0.2) is 0 Å². The van der Waals surface area contributed by atoms with Gasteiger partial charge < -0.3 is 10.6 Å². The molecule has 1 aliphatic heterocycles. The summed E-state index contributed by atoms with van der Waals surface area (Å²) in [7, 11) is 1.72. The van der Waals surface area contributed by atoms with Crippen LogP contribution in [0.3, 0.4) is 0 Å². The normalized spacial score (nSPS) is 14.4. The molecular formula is C18H20N4O2. The highest BCUT2D eigenvalue weighted by atomic mass is 16.2. The highest BCUT2D eigenvalue weighted by molar-refractivity contribution is 6.01. The summed E-state index contributed by atoms with van der Waals surface area (Å²) >= 11 is 0. The van der Waals surface area contributed by atoms with Gasteiger partial charge in [-0.1, -0.05) is 36.4 Å². The first-order valence-electron chi connectivity index (χ1n) is 7.91. The third kappa shape index (κ3) is 3.28. The minimum absolute atomic E-state index is 0.0217. The van der Waals surface area contributed by atoms with E-state index >= 15 is 0 Å². The quantitative estimate of drug-likeness (QED) is 0.878. The monoisotopic (exact) mass is 324 g/mol. The van der Waals surface area contributed by atoms with Crippen LogP contribution in [0.25, 0.3) is 0 Å². The van der Waals surface area contributed by atoms with Gasteiger partial charge in [0.05, 0.1) is 19.0 Å². The standard InChI is InChI=1S/C18H20N4O2/c1-12(19-2)18(24)21-15-9-8-14-10-16(23)22(17(14)20-15)11-13-6-4-3-5-7-13/h3-9,12,19H,10-11H2,1-2H3,(H,20,21,24)/t12-/m0/s1. The van der Waals surface area contributed by atoms with E-state index in [0.29, 0.717) is 24.6 Å². The zero-order valence-corrected chi connectivity index (χ0v) is 13.7. The van der Waals surface area contributed by atoms with Crippen molar-refractivity contribution in [3.8, 4) is 0 Å². The lowest BCUT2D eigenvalue weighted by atomic mass is 10.2. The van der Waals surface area contributed by atoms with Gasteiger partial charge >= 0.3 is 0 Å². The first-order valence-corrected chi connectivity index (χ1v) is 7.91. The Labute approximate surface area is 140 Å². The van der Waals surface area contributed by atoms with Crippen molar-refractivity contribution in [3.05, 3.63) is 53.6 Å². The molecule has 1 aliphatic rings. The van der Waals surface area contributed by atoms with Crippen molar-refractivity contribution < 1.29 is 9.59 Å². The van der Waals surface area contributed by atoms with Gasteiger partial charge in [-0.15, -0.1) is 0 Å². The van der Waals surface area contributed by atoms with Crippen molar-refractivity contribution in [2.24, 2.45) is 0 Å². The fraction of sp³-hybridized carbons (Fsp3) is 0.278. The fourth-order valence-electron chi connectivity index (χ4n) is 2.59. The number of carbonyl (C=O) groups excluding carboxylic acids is 2. The van der Waals surface area contributed by atoms with E-state index in [4.69, 9.17) is 0 Å². The molecule has 3 rings (SSSR count). The van der Waals surface area contributed by atoms with Crippen molar-refractivity contribution in [2.75, 3.05) is 17.3 Å². The van der Waals surface area contributed by atoms with E-state index in [-0.39, 0.29) is 17.9 Å². The van der Waals surface area contributed by atoms with Crippen LogP contribution >= 0.6 is 0 Å². The number of hydrogen-bond donors (Lipinski definition) is 2. The van der Waals surface area contributed by atoms with E-state index in [1.807, 2.05) is 36.4 Å². The third-order valence-corrected chi connectivity index (χ3v) is 4.12. The third-order valence-electron chi connectivity index (χ3n) is 4.12. The van der Waals surface area contributed by atoms with Crippen molar-refractivity contribution >= 4 is 23.5 Å². The molecule has 0 aliphatic carbocycles. The Hall–Kier alpha value is -2.73. The van der Waals surface area contributed by atoms with E-state index in [9.17, 15) is 9.59 Å². The molecule has 6 nitrogen and oxygen atoms in total. The van der Waals surface area contributed by atoms with Gasteiger partial charge in [0.1, 0.15) is 11.6 Å². The van der Waals surface area contributed by atoms with Gasteiger partial charge in [-0.25, -0.2) is 4.98 Å². The number of aromatic nitrogens is 1. The van der Waals surface area contributed by atoms with E-state index < -0.39 is 0 Å². The molecule has 0 bridgehead atoms. The summed E-state index contributed by atoms with van der Waals surface area (Å²) < 4.78 is 0. The summed E-state index contributed by atoms with van der Waals surface area (Å²) in [5.41, 5.74) is 1.93. The molecule has 24 heavy (non-hydrogen) atoms. The first-order chi connectivity index (χ1) is 11.6. The Bertz CT molecular complexity index is 761. The smallest absolute Gasteiger partial charge is 0.242 e. The van der Waals surface area contributed by atoms with Gasteiger partial charge in [-0.3, -0.25) is 14.5 Å². The lowest BCUT2D eigenvalue weighted by Gasteiger charge is -2.17. The Morgan fingerprint density at radius 3 is 2.71 bits per heavy atom. The number of rotatable bonds is 5. The van der Waals surface area contributed by atoms with Crippen LogP contribution in [0, 0.1) is 0 Å². The maximum absolute atomic E-state index is 12.3.